The summed E-state index contributed by atoms with van der Waals surface area (Å²) in [5.41, 5.74) is 1.26. The summed E-state index contributed by atoms with van der Waals surface area (Å²) in [6, 6.07) is 10.3. The van der Waals surface area contributed by atoms with Crippen molar-refractivity contribution in [3.05, 3.63) is 35.9 Å². The summed E-state index contributed by atoms with van der Waals surface area (Å²) < 4.78 is 0. The second-order valence-corrected chi connectivity index (χ2v) is 7.94. The molecule has 3 rings (SSSR count). The maximum atomic E-state index is 12.6. The van der Waals surface area contributed by atoms with Crippen molar-refractivity contribution in [2.45, 2.75) is 57.5 Å². The third kappa shape index (κ3) is 5.80. The van der Waals surface area contributed by atoms with Crippen LogP contribution in [0.25, 0.3) is 0 Å². The zero-order valence-corrected chi connectivity index (χ0v) is 16.2. The number of carbonyl (C=O) groups excluding carboxylic acids is 2. The van der Waals surface area contributed by atoms with Crippen LogP contribution in [0.5, 0.6) is 0 Å². The number of aliphatic hydroxyl groups is 1. The number of hydrogen-bond donors (Lipinski definition) is 1. The van der Waals surface area contributed by atoms with Crippen LogP contribution in [0.1, 0.15) is 50.5 Å². The molecular weight excluding hydrogens is 340 g/mol. The molecule has 1 N–H and O–H groups in total. The van der Waals surface area contributed by atoms with Gasteiger partial charge >= 0.3 is 0 Å². The molecule has 2 amide bonds. The molecule has 2 aliphatic rings. The Morgan fingerprint density at radius 2 is 1.81 bits per heavy atom. The highest BCUT2D eigenvalue weighted by Crippen LogP contribution is 2.24. The van der Waals surface area contributed by atoms with E-state index in [9.17, 15) is 14.7 Å². The van der Waals surface area contributed by atoms with Gasteiger partial charge in [0.25, 0.3) is 0 Å². The highest BCUT2D eigenvalue weighted by Gasteiger charge is 2.29. The number of piperidine rings is 1. The van der Waals surface area contributed by atoms with Gasteiger partial charge in [0.15, 0.2) is 0 Å². The van der Waals surface area contributed by atoms with Crippen molar-refractivity contribution >= 4 is 11.8 Å². The monoisotopic (exact) mass is 372 g/mol. The number of amides is 2. The molecule has 148 valence electrons. The van der Waals surface area contributed by atoms with Crippen molar-refractivity contribution in [1.82, 2.24) is 9.80 Å². The molecule has 2 fully saturated rings. The van der Waals surface area contributed by atoms with Crippen LogP contribution < -0.4 is 0 Å². The number of rotatable bonds is 6. The van der Waals surface area contributed by atoms with Crippen molar-refractivity contribution in [2.75, 3.05) is 26.2 Å². The fourth-order valence-corrected chi connectivity index (χ4v) is 4.20. The average Bonchev–Trinajstić information content (AvgIpc) is 2.91. The van der Waals surface area contributed by atoms with E-state index in [1.165, 1.54) is 5.56 Å². The van der Waals surface area contributed by atoms with Crippen LogP contribution in [0, 0.1) is 5.92 Å². The molecular formula is C22H32N2O3. The molecule has 0 radical (unpaired) electrons. The van der Waals surface area contributed by atoms with E-state index in [1.807, 2.05) is 23.1 Å². The molecule has 0 saturated carbocycles. The molecule has 1 aromatic carbocycles. The maximum Gasteiger partial charge on any atom is 0.242 e. The lowest BCUT2D eigenvalue weighted by Gasteiger charge is -2.35. The van der Waals surface area contributed by atoms with E-state index in [-0.39, 0.29) is 30.4 Å². The largest absolute Gasteiger partial charge is 0.393 e. The summed E-state index contributed by atoms with van der Waals surface area (Å²) in [5.74, 6) is 0.437. The molecule has 0 spiro atoms. The molecule has 0 bridgehead atoms. The number of carbonyl (C=O) groups is 2. The van der Waals surface area contributed by atoms with Crippen LogP contribution in [0.3, 0.4) is 0 Å². The van der Waals surface area contributed by atoms with E-state index in [0.717, 1.165) is 44.9 Å². The van der Waals surface area contributed by atoms with Gasteiger partial charge in [0.1, 0.15) is 0 Å². The summed E-state index contributed by atoms with van der Waals surface area (Å²) in [6.45, 7) is 2.31. The highest BCUT2D eigenvalue weighted by molar-refractivity contribution is 5.85. The predicted molar refractivity (Wildman–Crippen MR) is 105 cm³/mol. The van der Waals surface area contributed by atoms with Crippen LogP contribution in [-0.4, -0.2) is 59.0 Å². The van der Waals surface area contributed by atoms with E-state index < -0.39 is 0 Å². The van der Waals surface area contributed by atoms with Crippen molar-refractivity contribution in [1.29, 1.82) is 0 Å². The lowest BCUT2D eigenvalue weighted by molar-refractivity contribution is -0.141. The Kier molecular flexibility index (Phi) is 7.27. The molecule has 1 unspecified atom stereocenters. The fourth-order valence-electron chi connectivity index (χ4n) is 4.20. The van der Waals surface area contributed by atoms with E-state index in [2.05, 4.69) is 12.1 Å². The third-order valence-corrected chi connectivity index (χ3v) is 6.01. The first-order chi connectivity index (χ1) is 13.1. The third-order valence-electron chi connectivity index (χ3n) is 6.01. The molecule has 1 atom stereocenters. The van der Waals surface area contributed by atoms with Crippen LogP contribution >= 0.6 is 0 Å². The van der Waals surface area contributed by atoms with Gasteiger partial charge < -0.3 is 14.9 Å². The molecule has 5 heteroatoms. The van der Waals surface area contributed by atoms with Gasteiger partial charge in [-0.15, -0.1) is 0 Å². The minimum atomic E-state index is -0.311. The Morgan fingerprint density at radius 3 is 2.56 bits per heavy atom. The number of aliphatic hydroxyl groups excluding tert-OH is 1. The minimum absolute atomic E-state index is 0.0578. The molecule has 5 nitrogen and oxygen atoms in total. The number of hydrogen-bond acceptors (Lipinski definition) is 3. The molecule has 1 aromatic rings. The number of nitrogens with zero attached hydrogens (tertiary/aromatic N) is 2. The second-order valence-electron chi connectivity index (χ2n) is 7.94. The van der Waals surface area contributed by atoms with Crippen molar-refractivity contribution in [3.63, 3.8) is 0 Å². The van der Waals surface area contributed by atoms with Gasteiger partial charge in [-0.2, -0.15) is 0 Å². The first kappa shape index (κ1) is 19.9. The standard InChI is InChI=1S/C22H32N2O3/c25-20(11-10-18-7-3-1-4-8-18)19-12-15-23(16-13-19)22(27)17-24-14-6-2-5-9-21(24)26/h1,3-4,7-8,19-20,25H,2,5-6,9-17H2. The molecule has 2 saturated heterocycles. The Labute approximate surface area is 162 Å². The topological polar surface area (TPSA) is 60.9 Å². The number of likely N-dealkylation sites (tertiary alicyclic amines) is 2. The zero-order valence-electron chi connectivity index (χ0n) is 16.2. The van der Waals surface area contributed by atoms with Gasteiger partial charge in [-0.05, 0) is 50.0 Å². The molecule has 27 heavy (non-hydrogen) atoms. The number of benzene rings is 1. The number of aryl methyl sites for hydroxylation is 1. The summed E-state index contributed by atoms with van der Waals surface area (Å²) in [4.78, 5) is 28.3. The summed E-state index contributed by atoms with van der Waals surface area (Å²) in [6.07, 6.45) is 6.61. The van der Waals surface area contributed by atoms with E-state index in [0.29, 0.717) is 26.1 Å². The summed E-state index contributed by atoms with van der Waals surface area (Å²) in [7, 11) is 0. The van der Waals surface area contributed by atoms with Crippen molar-refractivity contribution < 1.29 is 14.7 Å². The lowest BCUT2D eigenvalue weighted by Crippen LogP contribution is -2.46. The van der Waals surface area contributed by atoms with Crippen LogP contribution in [0.15, 0.2) is 30.3 Å². The molecule has 0 aliphatic carbocycles. The molecule has 2 aliphatic heterocycles. The van der Waals surface area contributed by atoms with Crippen molar-refractivity contribution in [2.24, 2.45) is 5.92 Å². The Hall–Kier alpha value is -1.88. The Bertz CT molecular complexity index is 611. The normalized spacial score (nSPS) is 20.4. The minimum Gasteiger partial charge on any atom is -0.393 e. The van der Waals surface area contributed by atoms with Gasteiger partial charge in [0, 0.05) is 26.1 Å². The fraction of sp³-hybridized carbons (Fsp3) is 0.636. The van der Waals surface area contributed by atoms with Crippen LogP contribution in [0.4, 0.5) is 0 Å². The van der Waals surface area contributed by atoms with Gasteiger partial charge in [-0.3, -0.25) is 9.59 Å². The van der Waals surface area contributed by atoms with E-state index in [1.54, 1.807) is 4.90 Å². The zero-order chi connectivity index (χ0) is 19.1. The molecule has 0 aromatic heterocycles. The first-order valence-corrected chi connectivity index (χ1v) is 10.4. The van der Waals surface area contributed by atoms with E-state index >= 15 is 0 Å². The van der Waals surface area contributed by atoms with Gasteiger partial charge in [0.2, 0.25) is 11.8 Å². The lowest BCUT2D eigenvalue weighted by atomic mass is 9.88. The van der Waals surface area contributed by atoms with Crippen LogP contribution in [-0.2, 0) is 16.0 Å². The van der Waals surface area contributed by atoms with Gasteiger partial charge in [0.05, 0.1) is 12.6 Å². The maximum absolute atomic E-state index is 12.6. The first-order valence-electron chi connectivity index (χ1n) is 10.4. The Balaban J connectivity index is 1.41. The smallest absolute Gasteiger partial charge is 0.242 e. The predicted octanol–water partition coefficient (Wildman–Crippen LogP) is 2.62. The Morgan fingerprint density at radius 1 is 1.07 bits per heavy atom. The summed E-state index contributed by atoms with van der Waals surface area (Å²) in [5, 5.41) is 10.5. The van der Waals surface area contributed by atoms with Crippen molar-refractivity contribution in [3.8, 4) is 0 Å². The molecule has 2 heterocycles. The van der Waals surface area contributed by atoms with Gasteiger partial charge in [-0.25, -0.2) is 0 Å². The quantitative estimate of drug-likeness (QED) is 0.835. The van der Waals surface area contributed by atoms with E-state index in [4.69, 9.17) is 0 Å². The second kappa shape index (κ2) is 9.88. The highest BCUT2D eigenvalue weighted by atomic mass is 16.3. The van der Waals surface area contributed by atoms with Crippen LogP contribution in [0.2, 0.25) is 0 Å². The summed E-state index contributed by atoms with van der Waals surface area (Å²) >= 11 is 0. The van der Waals surface area contributed by atoms with Gasteiger partial charge in [-0.1, -0.05) is 36.8 Å². The average molecular weight is 373 g/mol. The SMILES string of the molecule is O=C(CN1CCCCCC1=O)N1CCC(C(O)CCc2ccccc2)CC1.